The molecular weight excluding hydrogens is 468 g/mol. The summed E-state index contributed by atoms with van der Waals surface area (Å²) in [6.07, 6.45) is 0.827. The Labute approximate surface area is 209 Å². The summed E-state index contributed by atoms with van der Waals surface area (Å²) in [7, 11) is 2.00. The lowest BCUT2D eigenvalue weighted by Gasteiger charge is -2.61. The first-order valence-electron chi connectivity index (χ1n) is 12.3. The number of Topliss-reactive ketones (excluding diaryl/α,β-unsaturated/α-hetero) is 1. The normalized spacial score (nSPS) is 31.4. The summed E-state index contributed by atoms with van der Waals surface area (Å²) in [5.41, 5.74) is 6.19. The smallest absolute Gasteiger partial charge is 0.352 e. The zero-order valence-corrected chi connectivity index (χ0v) is 20.7. The molecule has 0 radical (unpaired) electrons. The molecule has 0 aromatic heterocycles. The van der Waals surface area contributed by atoms with Gasteiger partial charge in [-0.05, 0) is 51.9 Å². The maximum atomic E-state index is 12.9. The summed E-state index contributed by atoms with van der Waals surface area (Å²) in [6, 6.07) is 2.68. The van der Waals surface area contributed by atoms with Crippen LogP contribution in [0.5, 0.6) is 5.75 Å². The molecule has 0 amide bonds. The number of hydrogen-bond acceptors (Lipinski definition) is 10. The number of benzene rings is 1. The summed E-state index contributed by atoms with van der Waals surface area (Å²) in [5.74, 6) is -1.13. The van der Waals surface area contributed by atoms with Gasteiger partial charge in [0.25, 0.3) is 0 Å². The molecule has 1 spiro atoms. The number of rotatable bonds is 7. The van der Waals surface area contributed by atoms with Gasteiger partial charge < -0.3 is 35.1 Å². The van der Waals surface area contributed by atoms with Crippen molar-refractivity contribution in [1.82, 2.24) is 4.90 Å². The molecule has 194 valence electrons. The average Bonchev–Trinajstić information content (AvgIpc) is 3.18. The van der Waals surface area contributed by atoms with Crippen molar-refractivity contribution in [3.05, 3.63) is 40.7 Å². The summed E-state index contributed by atoms with van der Waals surface area (Å²) in [5, 5.41) is 22.2. The van der Waals surface area contributed by atoms with Crippen LogP contribution < -0.4 is 10.5 Å². The van der Waals surface area contributed by atoms with E-state index in [4.69, 9.17) is 19.9 Å². The minimum atomic E-state index is -1.24. The Morgan fingerprint density at radius 1 is 1.33 bits per heavy atom. The van der Waals surface area contributed by atoms with Gasteiger partial charge in [-0.2, -0.15) is 0 Å². The van der Waals surface area contributed by atoms with E-state index in [0.717, 1.165) is 17.7 Å². The fraction of sp³-hybridized carbons (Fsp3) is 0.577. The van der Waals surface area contributed by atoms with Crippen LogP contribution in [0, 0.1) is 0 Å². The second-order valence-electron chi connectivity index (χ2n) is 10.4. The highest BCUT2D eigenvalue weighted by molar-refractivity contribution is 5.87. The Kier molecular flexibility index (Phi) is 5.98. The summed E-state index contributed by atoms with van der Waals surface area (Å²) >= 11 is 0. The minimum absolute atomic E-state index is 0.144. The highest BCUT2D eigenvalue weighted by Gasteiger charge is 2.71. The van der Waals surface area contributed by atoms with Gasteiger partial charge in [-0.3, -0.25) is 9.59 Å². The lowest BCUT2D eigenvalue weighted by atomic mass is 9.50. The molecule has 5 rings (SSSR count). The van der Waals surface area contributed by atoms with Crippen molar-refractivity contribution >= 4 is 17.7 Å². The third-order valence-electron chi connectivity index (χ3n) is 8.39. The predicted octanol–water partition coefficient (Wildman–Crippen LogP) is 0.238. The SMILES string of the molecule is CC(=O)[C@@H](N)CC(=O)O[C@@H](C)C(=O)OC1=CC[C@@]2(O)[C@H]3Cc4ccc(CO)c5c4[C@@]2(CCN3C)[C@H]1O5. The van der Waals surface area contributed by atoms with Gasteiger partial charge in [-0.1, -0.05) is 12.1 Å². The molecule has 2 bridgehead atoms. The highest BCUT2D eigenvalue weighted by Crippen LogP contribution is 2.64. The van der Waals surface area contributed by atoms with E-state index in [1.807, 2.05) is 19.2 Å². The minimum Gasteiger partial charge on any atom is -0.481 e. The Balaban J connectivity index is 1.44. The maximum Gasteiger partial charge on any atom is 0.352 e. The van der Waals surface area contributed by atoms with E-state index < -0.39 is 41.2 Å². The quantitative estimate of drug-likeness (QED) is 0.445. The van der Waals surface area contributed by atoms with E-state index in [9.17, 15) is 24.6 Å². The summed E-state index contributed by atoms with van der Waals surface area (Å²) in [4.78, 5) is 38.5. The van der Waals surface area contributed by atoms with Gasteiger partial charge in [0.1, 0.15) is 17.3 Å². The lowest BCUT2D eigenvalue weighted by Crippen LogP contribution is -2.74. The average molecular weight is 501 g/mol. The molecule has 6 atom stereocenters. The third kappa shape index (κ3) is 3.42. The van der Waals surface area contributed by atoms with Gasteiger partial charge in [0, 0.05) is 23.6 Å². The Morgan fingerprint density at radius 3 is 2.78 bits per heavy atom. The van der Waals surface area contributed by atoms with Crippen molar-refractivity contribution in [2.75, 3.05) is 13.6 Å². The van der Waals surface area contributed by atoms with Crippen LogP contribution in [-0.2, 0) is 42.3 Å². The van der Waals surface area contributed by atoms with Crippen molar-refractivity contribution < 1.29 is 38.8 Å². The van der Waals surface area contributed by atoms with Crippen molar-refractivity contribution in [3.8, 4) is 5.75 Å². The van der Waals surface area contributed by atoms with Crippen LogP contribution in [0.4, 0.5) is 0 Å². The van der Waals surface area contributed by atoms with Gasteiger partial charge in [0.15, 0.2) is 12.2 Å². The summed E-state index contributed by atoms with van der Waals surface area (Å²) < 4.78 is 17.3. The number of esters is 2. The molecule has 0 saturated carbocycles. The largest absolute Gasteiger partial charge is 0.481 e. The monoisotopic (exact) mass is 500 g/mol. The van der Waals surface area contributed by atoms with Crippen molar-refractivity contribution in [2.45, 2.75) is 81.4 Å². The summed E-state index contributed by atoms with van der Waals surface area (Å²) in [6.45, 7) is 3.16. The van der Waals surface area contributed by atoms with Crippen LogP contribution >= 0.6 is 0 Å². The second kappa shape index (κ2) is 8.65. The lowest BCUT2D eigenvalue weighted by molar-refractivity contribution is -0.175. The number of likely N-dealkylation sites (tertiary alicyclic amines) is 1. The first-order valence-corrected chi connectivity index (χ1v) is 12.3. The Hall–Kier alpha value is -2.79. The molecule has 4 N–H and O–H groups in total. The molecule has 1 saturated heterocycles. The van der Waals surface area contributed by atoms with Gasteiger partial charge in [0.05, 0.1) is 30.1 Å². The molecule has 4 aliphatic rings. The number of aliphatic hydroxyl groups excluding tert-OH is 1. The van der Waals surface area contributed by atoms with E-state index >= 15 is 0 Å². The topological polar surface area (TPSA) is 149 Å². The molecule has 2 aliphatic heterocycles. The van der Waals surface area contributed by atoms with Crippen LogP contribution in [0.15, 0.2) is 24.0 Å². The Bertz CT molecular complexity index is 1160. The van der Waals surface area contributed by atoms with Gasteiger partial charge in [0.2, 0.25) is 0 Å². The number of aliphatic hydroxyl groups is 2. The zero-order chi connectivity index (χ0) is 26.0. The van der Waals surface area contributed by atoms with Crippen molar-refractivity contribution in [1.29, 1.82) is 0 Å². The highest BCUT2D eigenvalue weighted by atomic mass is 16.6. The van der Waals surface area contributed by atoms with Crippen LogP contribution in [0.2, 0.25) is 0 Å². The van der Waals surface area contributed by atoms with E-state index in [1.54, 1.807) is 6.08 Å². The van der Waals surface area contributed by atoms with Gasteiger partial charge in [-0.25, -0.2) is 4.79 Å². The van der Waals surface area contributed by atoms with E-state index in [2.05, 4.69) is 4.90 Å². The fourth-order valence-corrected chi connectivity index (χ4v) is 6.45. The van der Waals surface area contributed by atoms with Crippen LogP contribution in [0.3, 0.4) is 0 Å². The first kappa shape index (κ1) is 24.9. The van der Waals surface area contributed by atoms with Gasteiger partial charge >= 0.3 is 11.9 Å². The maximum absolute atomic E-state index is 12.9. The van der Waals surface area contributed by atoms with Crippen LogP contribution in [-0.4, -0.2) is 76.3 Å². The zero-order valence-electron chi connectivity index (χ0n) is 20.7. The number of carbonyl (C=O) groups excluding carboxylic acids is 3. The standard InChI is InChI=1S/C26H32N2O8/c1-13(30)17(27)11-20(31)34-14(2)24(32)35-18-6-7-26(33)19-10-15-4-5-16(12-29)22-21(15)25(26,23(18)36-22)8-9-28(19)3/h4-6,14,17,19,23,29,33H,7-12,27H2,1-3H3/t14-,17-,19+,23-,25-,26+/m0/s1. The van der Waals surface area contributed by atoms with E-state index in [1.165, 1.54) is 13.8 Å². The molecule has 10 nitrogen and oxygen atoms in total. The number of ketones is 1. The predicted molar refractivity (Wildman–Crippen MR) is 126 cm³/mol. The number of nitrogens with zero attached hydrogens (tertiary/aromatic N) is 1. The number of likely N-dealkylation sites (N-methyl/N-ethyl adjacent to an activating group) is 1. The first-order chi connectivity index (χ1) is 17.0. The van der Waals surface area contributed by atoms with Crippen molar-refractivity contribution in [2.24, 2.45) is 5.73 Å². The fourth-order valence-electron chi connectivity index (χ4n) is 6.45. The molecule has 36 heavy (non-hydrogen) atoms. The number of piperidine rings is 1. The van der Waals surface area contributed by atoms with Crippen LogP contribution in [0.25, 0.3) is 0 Å². The number of ether oxygens (including phenoxy) is 3. The van der Waals surface area contributed by atoms with Gasteiger partial charge in [-0.15, -0.1) is 0 Å². The number of hydrogen-bond donors (Lipinski definition) is 3. The van der Waals surface area contributed by atoms with E-state index in [0.29, 0.717) is 24.2 Å². The molecule has 1 fully saturated rings. The molecular formula is C26H32N2O8. The molecule has 2 heterocycles. The van der Waals surface area contributed by atoms with Crippen LogP contribution in [0.1, 0.15) is 49.8 Å². The second-order valence-corrected chi connectivity index (χ2v) is 10.4. The number of carbonyl (C=O) groups is 3. The molecule has 10 heteroatoms. The molecule has 1 aromatic carbocycles. The Morgan fingerprint density at radius 2 is 2.08 bits per heavy atom. The molecule has 0 unspecified atom stereocenters. The van der Waals surface area contributed by atoms with Crippen molar-refractivity contribution in [3.63, 3.8) is 0 Å². The van der Waals surface area contributed by atoms with E-state index in [-0.39, 0.29) is 37.0 Å². The molecule has 1 aromatic rings. The molecule has 2 aliphatic carbocycles. The number of nitrogens with two attached hydrogens (primary N) is 1. The third-order valence-corrected chi connectivity index (χ3v) is 8.39.